The number of nitrogens with zero attached hydrogens (tertiary/aromatic N) is 2. The van der Waals surface area contributed by atoms with Gasteiger partial charge in [-0.05, 0) is 85.5 Å². The Hall–Kier alpha value is -4.84. The van der Waals surface area contributed by atoms with Crippen molar-refractivity contribution in [3.63, 3.8) is 0 Å². The van der Waals surface area contributed by atoms with Gasteiger partial charge < -0.3 is 23.8 Å². The number of hydrogen-bond donors (Lipinski definition) is 0. The van der Waals surface area contributed by atoms with Gasteiger partial charge in [-0.1, -0.05) is 62.4 Å². The summed E-state index contributed by atoms with van der Waals surface area (Å²) < 4.78 is 62.2. The predicted octanol–water partition coefficient (Wildman–Crippen LogP) is 7.04. The van der Waals surface area contributed by atoms with Gasteiger partial charge in [0, 0.05) is 38.6 Å². The summed E-state index contributed by atoms with van der Waals surface area (Å²) in [6.45, 7) is 8.61. The lowest BCUT2D eigenvalue weighted by Gasteiger charge is -2.65. The normalized spacial score (nSPS) is 25.5. The maximum atomic E-state index is 14.3. The van der Waals surface area contributed by atoms with Crippen LogP contribution >= 0.6 is 0 Å². The molecule has 286 valence electrons. The van der Waals surface area contributed by atoms with Gasteiger partial charge >= 0.3 is 18.3 Å². The van der Waals surface area contributed by atoms with E-state index in [-0.39, 0.29) is 29.4 Å². The minimum atomic E-state index is -4.85. The Morgan fingerprint density at radius 1 is 1.02 bits per heavy atom. The molecule has 2 unspecified atom stereocenters. The first-order valence-corrected chi connectivity index (χ1v) is 18.5. The average molecular weight is 747 g/mol. The lowest BCUT2D eigenvalue weighted by Crippen LogP contribution is -2.79. The van der Waals surface area contributed by atoms with E-state index in [0.29, 0.717) is 50.1 Å². The minimum Gasteiger partial charge on any atom is -0.483 e. The number of amides is 1. The van der Waals surface area contributed by atoms with E-state index in [1.165, 1.54) is 49.8 Å². The molecule has 2 heterocycles. The van der Waals surface area contributed by atoms with Crippen molar-refractivity contribution in [1.82, 2.24) is 9.80 Å². The van der Waals surface area contributed by atoms with Crippen LogP contribution in [-0.4, -0.2) is 77.4 Å². The van der Waals surface area contributed by atoms with Crippen LogP contribution in [0.2, 0.25) is 0 Å². The number of piperidine rings is 1. The maximum Gasteiger partial charge on any atom is 0.573 e. The molecule has 9 nitrogen and oxygen atoms in total. The number of esters is 2. The van der Waals surface area contributed by atoms with Crippen LogP contribution in [0.3, 0.4) is 0 Å². The molecule has 2 aliphatic carbocycles. The highest BCUT2D eigenvalue weighted by Crippen LogP contribution is 2.67. The SMILES string of the molecule is CC(=O)Oc1ccc2c3c1OC1C(N(CC(C)C)C(=O)/C=C/c4cccc(OC(F)(F)F)c4)CC[C@@]4(OC(C)=O)[C@@H](C2)N(CCc2ccccc2)CC[C@]314. The fourth-order valence-corrected chi connectivity index (χ4v) is 9.63. The van der Waals surface area contributed by atoms with Crippen molar-refractivity contribution in [2.75, 3.05) is 19.6 Å². The smallest absolute Gasteiger partial charge is 0.483 e. The first kappa shape index (κ1) is 37.5. The van der Waals surface area contributed by atoms with Crippen molar-refractivity contribution in [3.05, 3.63) is 95.1 Å². The quantitative estimate of drug-likeness (QED) is 0.117. The number of benzene rings is 3. The second-order valence-electron chi connectivity index (χ2n) is 15.2. The largest absolute Gasteiger partial charge is 0.573 e. The van der Waals surface area contributed by atoms with Gasteiger partial charge in [-0.25, -0.2) is 0 Å². The first-order valence-electron chi connectivity index (χ1n) is 18.5. The van der Waals surface area contributed by atoms with Gasteiger partial charge in [0.25, 0.3) is 0 Å². The standard InChI is InChI=1S/C42H45F3N2O7/c1-26(2)25-47(36(50)16-13-30-11-8-12-32(23-30)54-42(43,44)45)33-17-19-41(53-28(4)49)35-24-31-14-15-34(51-27(3)48)38-37(31)40(41,39(33)52-38)20-22-46(35)21-18-29-9-6-5-7-10-29/h5-16,23,26,33,35,39H,17-22,24-25H2,1-4H3/b16-13+/t33?,35-,39?,40+,41-/m1/s1. The summed E-state index contributed by atoms with van der Waals surface area (Å²) in [5.74, 6) is -0.833. The monoisotopic (exact) mass is 746 g/mol. The molecule has 1 amide bonds. The molecule has 0 aromatic heterocycles. The van der Waals surface area contributed by atoms with Crippen LogP contribution in [0.1, 0.15) is 69.2 Å². The van der Waals surface area contributed by atoms with Crippen molar-refractivity contribution in [1.29, 1.82) is 0 Å². The van der Waals surface area contributed by atoms with E-state index in [1.54, 1.807) is 17.0 Å². The van der Waals surface area contributed by atoms with E-state index in [1.807, 2.05) is 38.1 Å². The zero-order valence-corrected chi connectivity index (χ0v) is 30.9. The molecule has 1 saturated heterocycles. The molecule has 2 aliphatic heterocycles. The molecule has 2 fully saturated rings. The van der Waals surface area contributed by atoms with Gasteiger partial charge in [0.05, 0.1) is 17.5 Å². The number of ether oxygens (including phenoxy) is 4. The molecular formula is C42H45F3N2O7. The summed E-state index contributed by atoms with van der Waals surface area (Å²) in [4.78, 5) is 44.1. The Bertz CT molecular complexity index is 1950. The van der Waals surface area contributed by atoms with E-state index in [0.717, 1.165) is 24.1 Å². The van der Waals surface area contributed by atoms with Gasteiger partial charge in [0.2, 0.25) is 5.91 Å². The molecule has 3 aromatic carbocycles. The highest BCUT2D eigenvalue weighted by atomic mass is 19.4. The van der Waals surface area contributed by atoms with Crippen LogP contribution in [0.5, 0.6) is 17.2 Å². The third kappa shape index (κ3) is 6.85. The van der Waals surface area contributed by atoms with Crippen LogP contribution in [0.15, 0.2) is 72.8 Å². The van der Waals surface area contributed by atoms with Crippen molar-refractivity contribution in [3.8, 4) is 17.2 Å². The Morgan fingerprint density at radius 3 is 2.50 bits per heavy atom. The first-order chi connectivity index (χ1) is 25.7. The number of carbonyl (C=O) groups is 3. The second kappa shape index (κ2) is 14.4. The fourth-order valence-electron chi connectivity index (χ4n) is 9.63. The minimum absolute atomic E-state index is 0.0541. The van der Waals surface area contributed by atoms with E-state index in [4.69, 9.17) is 14.2 Å². The van der Waals surface area contributed by atoms with Crippen LogP contribution in [-0.2, 0) is 37.4 Å². The Morgan fingerprint density at radius 2 is 1.80 bits per heavy atom. The number of carbonyl (C=O) groups excluding carboxylic acids is 3. The Balaban J connectivity index is 1.29. The van der Waals surface area contributed by atoms with Gasteiger partial charge in [0.1, 0.15) is 17.5 Å². The average Bonchev–Trinajstić information content (AvgIpc) is 3.45. The van der Waals surface area contributed by atoms with Crippen molar-refractivity contribution >= 4 is 23.9 Å². The van der Waals surface area contributed by atoms with Gasteiger partial charge in [-0.2, -0.15) is 0 Å². The summed E-state index contributed by atoms with van der Waals surface area (Å²) in [7, 11) is 0. The third-order valence-corrected chi connectivity index (χ3v) is 11.4. The number of alkyl halides is 3. The second-order valence-corrected chi connectivity index (χ2v) is 15.2. The van der Waals surface area contributed by atoms with E-state index < -0.39 is 41.5 Å². The van der Waals surface area contributed by atoms with Gasteiger partial charge in [-0.15, -0.1) is 13.2 Å². The molecule has 1 spiro atoms. The van der Waals surface area contributed by atoms with Gasteiger partial charge in [0.15, 0.2) is 11.5 Å². The van der Waals surface area contributed by atoms with Crippen LogP contribution in [0.25, 0.3) is 6.08 Å². The molecule has 12 heteroatoms. The molecule has 7 rings (SSSR count). The Kier molecular flexibility index (Phi) is 10.0. The van der Waals surface area contributed by atoms with Gasteiger partial charge in [-0.3, -0.25) is 19.3 Å². The lowest BCUT2D eigenvalue weighted by molar-refractivity contribution is -0.274. The van der Waals surface area contributed by atoms with E-state index >= 15 is 0 Å². The van der Waals surface area contributed by atoms with Crippen LogP contribution < -0.4 is 14.2 Å². The fraction of sp³-hybridized carbons (Fsp3) is 0.452. The summed E-state index contributed by atoms with van der Waals surface area (Å²) in [6, 6.07) is 18.8. The highest BCUT2D eigenvalue weighted by Gasteiger charge is 2.75. The molecule has 0 N–H and O–H groups in total. The summed E-state index contributed by atoms with van der Waals surface area (Å²) in [6.07, 6.45) is 0.247. The molecule has 1 saturated carbocycles. The van der Waals surface area contributed by atoms with Crippen molar-refractivity contribution in [2.24, 2.45) is 5.92 Å². The predicted molar refractivity (Wildman–Crippen MR) is 194 cm³/mol. The topological polar surface area (TPSA) is 94.6 Å². The van der Waals surface area contributed by atoms with E-state index in [2.05, 4.69) is 21.8 Å². The number of rotatable bonds is 11. The van der Waals surface area contributed by atoms with Crippen LogP contribution in [0, 0.1) is 5.92 Å². The molecule has 2 bridgehead atoms. The zero-order chi connectivity index (χ0) is 38.4. The number of likely N-dealkylation sites (tertiary alicyclic amines) is 1. The molecule has 0 radical (unpaired) electrons. The maximum absolute atomic E-state index is 14.3. The van der Waals surface area contributed by atoms with Crippen molar-refractivity contribution < 1.29 is 46.5 Å². The number of halogens is 3. The lowest BCUT2D eigenvalue weighted by atomic mass is 9.48. The summed E-state index contributed by atoms with van der Waals surface area (Å²) >= 11 is 0. The summed E-state index contributed by atoms with van der Waals surface area (Å²) in [5, 5.41) is 0. The highest BCUT2D eigenvalue weighted by molar-refractivity contribution is 5.92. The Labute approximate surface area is 313 Å². The zero-order valence-electron chi connectivity index (χ0n) is 30.9. The number of hydrogen-bond acceptors (Lipinski definition) is 8. The third-order valence-electron chi connectivity index (χ3n) is 11.4. The summed E-state index contributed by atoms with van der Waals surface area (Å²) in [5.41, 5.74) is 1.63. The molecule has 4 aliphatic rings. The van der Waals surface area contributed by atoms with E-state index in [9.17, 15) is 27.6 Å². The molecule has 3 aromatic rings. The van der Waals surface area contributed by atoms with Crippen molar-refractivity contribution in [2.45, 2.75) is 95.4 Å². The molecule has 5 atom stereocenters. The van der Waals surface area contributed by atoms with Crippen LogP contribution in [0.4, 0.5) is 13.2 Å². The molecular weight excluding hydrogens is 701 g/mol. The molecule has 54 heavy (non-hydrogen) atoms.